The summed E-state index contributed by atoms with van der Waals surface area (Å²) < 4.78 is 1.36. The fraction of sp³-hybridized carbons (Fsp3) is 0.0909. The number of hydrogen-bond donors (Lipinski definition) is 1. The summed E-state index contributed by atoms with van der Waals surface area (Å²) in [5.74, 6) is -0.370. The lowest BCUT2D eigenvalue weighted by molar-refractivity contribution is 0.102. The lowest BCUT2D eigenvalue weighted by atomic mass is 10.2. The number of anilines is 1. The molecule has 0 spiro atoms. The number of carbonyl (C=O) groups is 1. The van der Waals surface area contributed by atoms with Crippen molar-refractivity contribution in [1.82, 2.24) is 14.5 Å². The number of carbonyl (C=O) groups excluding carboxylic acids is 1. The normalized spacial score (nSPS) is 10.8. The SMILES string of the molecule is Cc1ccc(-n2cc(C(=O)Nc3nc(-c4cccc(C)n4)cs3)ccc2=O)c(Cl)c1. The van der Waals surface area contributed by atoms with Gasteiger partial charge >= 0.3 is 0 Å². The highest BCUT2D eigenvalue weighted by Gasteiger charge is 2.13. The predicted molar refractivity (Wildman–Crippen MR) is 120 cm³/mol. The van der Waals surface area contributed by atoms with Crippen molar-refractivity contribution < 1.29 is 4.79 Å². The third-order valence-corrected chi connectivity index (χ3v) is 5.47. The maximum absolute atomic E-state index is 12.7. The van der Waals surface area contributed by atoms with Crippen LogP contribution in [-0.2, 0) is 0 Å². The average molecular weight is 437 g/mol. The number of aromatic nitrogens is 3. The molecule has 8 heteroatoms. The first-order valence-corrected chi connectivity index (χ1v) is 10.4. The van der Waals surface area contributed by atoms with Gasteiger partial charge in [-0.25, -0.2) is 4.98 Å². The minimum atomic E-state index is -0.370. The summed E-state index contributed by atoms with van der Waals surface area (Å²) in [4.78, 5) is 34.0. The Labute approximate surface area is 181 Å². The number of amides is 1. The van der Waals surface area contributed by atoms with Gasteiger partial charge in [-0.3, -0.25) is 24.5 Å². The number of thiazole rings is 1. The number of nitrogens with zero attached hydrogens (tertiary/aromatic N) is 3. The van der Waals surface area contributed by atoms with Crippen molar-refractivity contribution in [3.05, 3.63) is 92.3 Å². The van der Waals surface area contributed by atoms with E-state index in [-0.39, 0.29) is 11.5 Å². The summed E-state index contributed by atoms with van der Waals surface area (Å²) in [5.41, 5.74) is 3.86. The van der Waals surface area contributed by atoms with Gasteiger partial charge in [0.15, 0.2) is 5.13 Å². The molecule has 0 aliphatic rings. The summed E-state index contributed by atoms with van der Waals surface area (Å²) >= 11 is 7.60. The lowest BCUT2D eigenvalue weighted by Crippen LogP contribution is -2.21. The van der Waals surface area contributed by atoms with Gasteiger partial charge in [-0.05, 0) is 49.7 Å². The number of aryl methyl sites for hydroxylation is 2. The third-order valence-electron chi connectivity index (χ3n) is 4.41. The molecule has 30 heavy (non-hydrogen) atoms. The molecule has 0 radical (unpaired) electrons. The maximum Gasteiger partial charge on any atom is 0.258 e. The number of benzene rings is 1. The Kier molecular flexibility index (Phi) is 5.48. The van der Waals surface area contributed by atoms with Crippen molar-refractivity contribution in [2.24, 2.45) is 0 Å². The second kappa shape index (κ2) is 8.22. The summed E-state index contributed by atoms with van der Waals surface area (Å²) in [6, 6.07) is 13.9. The highest BCUT2D eigenvalue weighted by Crippen LogP contribution is 2.24. The molecule has 4 rings (SSSR count). The molecule has 0 fully saturated rings. The number of hydrogen-bond acceptors (Lipinski definition) is 5. The van der Waals surface area contributed by atoms with Gasteiger partial charge in [0.25, 0.3) is 11.5 Å². The Morgan fingerprint density at radius 1 is 1.07 bits per heavy atom. The number of nitrogens with one attached hydrogen (secondary N) is 1. The second-order valence-electron chi connectivity index (χ2n) is 6.74. The topological polar surface area (TPSA) is 76.9 Å². The number of halogens is 1. The van der Waals surface area contributed by atoms with Gasteiger partial charge in [0, 0.05) is 23.3 Å². The number of rotatable bonds is 4. The van der Waals surface area contributed by atoms with Gasteiger partial charge in [-0.15, -0.1) is 11.3 Å². The Balaban J connectivity index is 1.60. The van der Waals surface area contributed by atoms with Gasteiger partial charge in [-0.1, -0.05) is 23.7 Å². The summed E-state index contributed by atoms with van der Waals surface area (Å²) in [6.45, 7) is 3.82. The van der Waals surface area contributed by atoms with E-state index in [0.717, 1.165) is 17.0 Å². The van der Waals surface area contributed by atoms with E-state index in [4.69, 9.17) is 11.6 Å². The van der Waals surface area contributed by atoms with E-state index in [2.05, 4.69) is 15.3 Å². The molecule has 3 aromatic heterocycles. The van der Waals surface area contributed by atoms with Crippen LogP contribution >= 0.6 is 22.9 Å². The van der Waals surface area contributed by atoms with Crippen molar-refractivity contribution in [2.75, 3.05) is 5.32 Å². The zero-order valence-electron chi connectivity index (χ0n) is 16.2. The largest absolute Gasteiger partial charge is 0.298 e. The molecule has 1 aromatic carbocycles. The van der Waals surface area contributed by atoms with Crippen LogP contribution in [0.2, 0.25) is 5.02 Å². The van der Waals surface area contributed by atoms with E-state index < -0.39 is 0 Å². The highest BCUT2D eigenvalue weighted by atomic mass is 35.5. The van der Waals surface area contributed by atoms with Crippen LogP contribution < -0.4 is 10.9 Å². The van der Waals surface area contributed by atoms with Crippen molar-refractivity contribution in [1.29, 1.82) is 0 Å². The molecule has 1 amide bonds. The molecule has 0 aliphatic heterocycles. The number of pyridine rings is 2. The molecule has 0 unspecified atom stereocenters. The fourth-order valence-corrected chi connectivity index (χ4v) is 3.95. The second-order valence-corrected chi connectivity index (χ2v) is 8.00. The molecule has 0 bridgehead atoms. The van der Waals surface area contributed by atoms with Crippen LogP contribution in [0.15, 0.2) is 64.9 Å². The van der Waals surface area contributed by atoms with E-state index in [1.165, 1.54) is 34.2 Å². The zero-order chi connectivity index (χ0) is 21.3. The van der Waals surface area contributed by atoms with Crippen LogP contribution in [0.3, 0.4) is 0 Å². The van der Waals surface area contributed by atoms with Gasteiger partial charge in [-0.2, -0.15) is 0 Å². The zero-order valence-corrected chi connectivity index (χ0v) is 17.8. The molecule has 0 saturated carbocycles. The lowest BCUT2D eigenvalue weighted by Gasteiger charge is -2.10. The predicted octanol–water partition coefficient (Wildman–Crippen LogP) is 4.88. The fourth-order valence-electron chi connectivity index (χ4n) is 2.92. The van der Waals surface area contributed by atoms with Crippen LogP contribution in [0, 0.1) is 13.8 Å². The molecule has 3 heterocycles. The van der Waals surface area contributed by atoms with E-state index in [0.29, 0.717) is 27.1 Å². The highest BCUT2D eigenvalue weighted by molar-refractivity contribution is 7.14. The first kappa shape index (κ1) is 20.0. The quantitative estimate of drug-likeness (QED) is 0.494. The Morgan fingerprint density at radius 2 is 1.90 bits per heavy atom. The van der Waals surface area contributed by atoms with Crippen LogP contribution in [0.5, 0.6) is 0 Å². The van der Waals surface area contributed by atoms with Crippen molar-refractivity contribution in [3.63, 3.8) is 0 Å². The van der Waals surface area contributed by atoms with Crippen LogP contribution in [-0.4, -0.2) is 20.4 Å². The molecule has 4 aromatic rings. The van der Waals surface area contributed by atoms with Crippen LogP contribution in [0.4, 0.5) is 5.13 Å². The summed E-state index contributed by atoms with van der Waals surface area (Å²) in [6.07, 6.45) is 1.48. The molecule has 0 saturated heterocycles. The Morgan fingerprint density at radius 3 is 2.67 bits per heavy atom. The smallest absolute Gasteiger partial charge is 0.258 e. The van der Waals surface area contributed by atoms with Gasteiger partial charge < -0.3 is 0 Å². The monoisotopic (exact) mass is 436 g/mol. The summed E-state index contributed by atoms with van der Waals surface area (Å²) in [5, 5.41) is 5.50. The standard InChI is InChI=1S/C22H17ClN4O2S/c1-13-6-8-19(16(23)10-13)27-11-15(7-9-20(27)28)21(29)26-22-25-18(12-30-22)17-5-3-4-14(2)24-17/h3-12H,1-2H3,(H,25,26,29). The molecular formula is C22H17ClN4O2S. The van der Waals surface area contributed by atoms with Crippen molar-refractivity contribution in [3.8, 4) is 17.1 Å². The van der Waals surface area contributed by atoms with Gasteiger partial charge in [0.1, 0.15) is 5.69 Å². The first-order valence-electron chi connectivity index (χ1n) is 9.11. The third kappa shape index (κ3) is 4.17. The Bertz CT molecular complexity index is 1310. The summed E-state index contributed by atoms with van der Waals surface area (Å²) in [7, 11) is 0. The maximum atomic E-state index is 12.7. The van der Waals surface area contributed by atoms with Crippen molar-refractivity contribution >= 4 is 34.0 Å². The van der Waals surface area contributed by atoms with Crippen LogP contribution in [0.1, 0.15) is 21.6 Å². The van der Waals surface area contributed by atoms with E-state index >= 15 is 0 Å². The minimum Gasteiger partial charge on any atom is -0.298 e. The average Bonchev–Trinajstić information content (AvgIpc) is 3.17. The van der Waals surface area contributed by atoms with Crippen LogP contribution in [0.25, 0.3) is 17.1 Å². The minimum absolute atomic E-state index is 0.278. The first-order chi connectivity index (χ1) is 14.4. The van der Waals surface area contributed by atoms with Gasteiger partial charge in [0.05, 0.1) is 22.0 Å². The van der Waals surface area contributed by atoms with Crippen molar-refractivity contribution in [2.45, 2.75) is 13.8 Å². The molecule has 150 valence electrons. The molecular weight excluding hydrogens is 420 g/mol. The molecule has 6 nitrogen and oxygen atoms in total. The molecule has 0 aliphatic carbocycles. The Hall–Kier alpha value is -3.29. The van der Waals surface area contributed by atoms with E-state index in [9.17, 15) is 9.59 Å². The molecule has 1 N–H and O–H groups in total. The van der Waals surface area contributed by atoms with E-state index in [1.807, 2.05) is 43.5 Å². The van der Waals surface area contributed by atoms with Gasteiger partial charge in [0.2, 0.25) is 0 Å². The van der Waals surface area contributed by atoms with E-state index in [1.54, 1.807) is 12.1 Å². The molecule has 0 atom stereocenters.